The third kappa shape index (κ3) is 3.82. The van der Waals surface area contributed by atoms with Crippen LogP contribution in [0.15, 0.2) is 54.9 Å². The predicted octanol–water partition coefficient (Wildman–Crippen LogP) is 3.54. The van der Waals surface area contributed by atoms with E-state index < -0.39 is 0 Å². The number of H-pyrrole nitrogens is 1. The summed E-state index contributed by atoms with van der Waals surface area (Å²) in [4.78, 5) is 37.5. The van der Waals surface area contributed by atoms with Gasteiger partial charge in [0.25, 0.3) is 0 Å². The molecule has 5 rings (SSSR count). The Labute approximate surface area is 182 Å². The Balaban J connectivity index is 1.15. The van der Waals surface area contributed by atoms with Crippen molar-refractivity contribution in [2.24, 2.45) is 5.41 Å². The number of rotatable bonds is 6. The smallest absolute Gasteiger partial charge is 0.231 e. The topological polar surface area (TPSA) is 69.3 Å². The van der Waals surface area contributed by atoms with Gasteiger partial charge < -0.3 is 14.8 Å². The Morgan fingerprint density at radius 1 is 1.10 bits per heavy atom. The third-order valence-corrected chi connectivity index (χ3v) is 6.90. The predicted molar refractivity (Wildman–Crippen MR) is 119 cm³/mol. The molecule has 1 atom stereocenters. The van der Waals surface area contributed by atoms with Gasteiger partial charge in [-0.2, -0.15) is 0 Å². The first-order valence-corrected chi connectivity index (χ1v) is 11.2. The summed E-state index contributed by atoms with van der Waals surface area (Å²) in [5, 5.41) is 1.24. The highest BCUT2D eigenvalue weighted by molar-refractivity contribution is 5.87. The van der Waals surface area contributed by atoms with E-state index in [9.17, 15) is 9.59 Å². The lowest BCUT2D eigenvalue weighted by atomic mass is 9.85. The van der Waals surface area contributed by atoms with E-state index in [-0.39, 0.29) is 17.2 Å². The van der Waals surface area contributed by atoms with E-state index in [1.165, 1.54) is 10.9 Å². The zero-order valence-electron chi connectivity index (χ0n) is 17.7. The van der Waals surface area contributed by atoms with Gasteiger partial charge in [-0.3, -0.25) is 14.6 Å². The molecule has 1 unspecified atom stereocenters. The van der Waals surface area contributed by atoms with Crippen LogP contribution < -0.4 is 0 Å². The molecule has 2 aliphatic rings. The number of benzene rings is 1. The Bertz CT molecular complexity index is 1090. The third-order valence-electron chi connectivity index (χ3n) is 6.90. The highest BCUT2D eigenvalue weighted by Gasteiger charge is 2.51. The number of pyridine rings is 1. The molecule has 4 heterocycles. The van der Waals surface area contributed by atoms with Gasteiger partial charge in [-0.1, -0.05) is 24.3 Å². The molecule has 2 saturated heterocycles. The van der Waals surface area contributed by atoms with Crippen LogP contribution in [0, 0.1) is 5.41 Å². The number of hydrogen-bond acceptors (Lipinski definition) is 3. The quantitative estimate of drug-likeness (QED) is 0.668. The van der Waals surface area contributed by atoms with Crippen molar-refractivity contribution in [2.75, 3.05) is 19.6 Å². The number of nitrogens with zero attached hydrogens (tertiary/aromatic N) is 3. The Morgan fingerprint density at radius 3 is 2.81 bits per heavy atom. The van der Waals surface area contributed by atoms with E-state index in [1.54, 1.807) is 6.20 Å². The van der Waals surface area contributed by atoms with Crippen LogP contribution in [0.4, 0.5) is 0 Å². The molecule has 0 saturated carbocycles. The van der Waals surface area contributed by atoms with Gasteiger partial charge in [0.15, 0.2) is 0 Å². The molecule has 6 heteroatoms. The van der Waals surface area contributed by atoms with E-state index in [0.717, 1.165) is 43.4 Å². The number of carbonyl (C=O) groups is 2. The summed E-state index contributed by atoms with van der Waals surface area (Å²) in [6, 6.07) is 14.1. The fourth-order valence-corrected chi connectivity index (χ4v) is 5.12. The molecule has 0 aliphatic carbocycles. The van der Waals surface area contributed by atoms with Crippen molar-refractivity contribution < 1.29 is 9.59 Å². The van der Waals surface area contributed by atoms with Crippen LogP contribution in [-0.2, 0) is 22.6 Å². The maximum atomic E-state index is 13.2. The number of fused-ring (bicyclic) bond motifs is 1. The monoisotopic (exact) mass is 416 g/mol. The summed E-state index contributed by atoms with van der Waals surface area (Å²) in [7, 11) is 0. The molecule has 3 aromatic rings. The number of amides is 2. The van der Waals surface area contributed by atoms with Crippen molar-refractivity contribution in [3.63, 3.8) is 0 Å². The first-order valence-electron chi connectivity index (χ1n) is 11.2. The van der Waals surface area contributed by atoms with Crippen LogP contribution in [0.1, 0.15) is 36.9 Å². The lowest BCUT2D eigenvalue weighted by Crippen LogP contribution is -2.38. The fraction of sp³-hybridized carbons (Fsp3) is 0.400. The first-order chi connectivity index (χ1) is 15.1. The molecule has 160 valence electrons. The van der Waals surface area contributed by atoms with Crippen molar-refractivity contribution in [2.45, 2.75) is 38.6 Å². The van der Waals surface area contributed by atoms with E-state index in [4.69, 9.17) is 0 Å². The van der Waals surface area contributed by atoms with Gasteiger partial charge in [0, 0.05) is 49.4 Å². The number of para-hydroxylation sites is 1. The van der Waals surface area contributed by atoms with Crippen LogP contribution >= 0.6 is 0 Å². The zero-order chi connectivity index (χ0) is 21.3. The largest absolute Gasteiger partial charge is 0.361 e. The van der Waals surface area contributed by atoms with Gasteiger partial charge in [-0.15, -0.1) is 0 Å². The van der Waals surface area contributed by atoms with Crippen molar-refractivity contribution in [3.8, 4) is 0 Å². The van der Waals surface area contributed by atoms with Crippen LogP contribution in [0.2, 0.25) is 0 Å². The molecule has 0 radical (unpaired) electrons. The van der Waals surface area contributed by atoms with Crippen molar-refractivity contribution in [1.82, 2.24) is 19.8 Å². The Hall–Kier alpha value is -3.15. The van der Waals surface area contributed by atoms with E-state index in [1.807, 2.05) is 46.3 Å². The van der Waals surface area contributed by atoms with Crippen LogP contribution in [0.25, 0.3) is 10.9 Å². The van der Waals surface area contributed by atoms with Crippen molar-refractivity contribution in [1.29, 1.82) is 0 Å². The van der Waals surface area contributed by atoms with Crippen LogP contribution in [0.3, 0.4) is 0 Å². The molecule has 2 aromatic heterocycles. The number of aromatic amines is 1. The molecule has 1 spiro atoms. The first kappa shape index (κ1) is 19.8. The van der Waals surface area contributed by atoms with Gasteiger partial charge in [-0.05, 0) is 49.4 Å². The molecule has 0 bridgehead atoms. The summed E-state index contributed by atoms with van der Waals surface area (Å²) < 4.78 is 0. The van der Waals surface area contributed by atoms with Gasteiger partial charge in [0.05, 0.1) is 17.7 Å². The van der Waals surface area contributed by atoms with Gasteiger partial charge in [-0.25, -0.2) is 0 Å². The van der Waals surface area contributed by atoms with Gasteiger partial charge >= 0.3 is 0 Å². The SMILES string of the molecule is O=C(CCCc1c[nH]c2ccccc12)N1CCC2(CCN(Cc3ccccn3)C2=O)C1. The average Bonchev–Trinajstić information content (AvgIpc) is 3.49. The van der Waals surface area contributed by atoms with Crippen LogP contribution in [-0.4, -0.2) is 51.2 Å². The summed E-state index contributed by atoms with van der Waals surface area (Å²) in [6.45, 7) is 2.56. The van der Waals surface area contributed by atoms with Crippen molar-refractivity contribution in [3.05, 3.63) is 66.1 Å². The van der Waals surface area contributed by atoms with Crippen LogP contribution in [0.5, 0.6) is 0 Å². The van der Waals surface area contributed by atoms with E-state index in [0.29, 0.717) is 26.1 Å². The van der Waals surface area contributed by atoms with Gasteiger partial charge in [0.2, 0.25) is 11.8 Å². The number of nitrogens with one attached hydrogen (secondary N) is 1. The second kappa shape index (κ2) is 8.17. The number of hydrogen-bond donors (Lipinski definition) is 1. The normalized spacial score (nSPS) is 21.0. The summed E-state index contributed by atoms with van der Waals surface area (Å²) >= 11 is 0. The Morgan fingerprint density at radius 2 is 1.94 bits per heavy atom. The molecule has 2 amide bonds. The highest BCUT2D eigenvalue weighted by Crippen LogP contribution is 2.41. The lowest BCUT2D eigenvalue weighted by Gasteiger charge is -2.23. The van der Waals surface area contributed by atoms with E-state index >= 15 is 0 Å². The average molecular weight is 417 g/mol. The molecule has 1 aromatic carbocycles. The minimum Gasteiger partial charge on any atom is -0.361 e. The Kier molecular flexibility index (Phi) is 5.22. The fourth-order valence-electron chi connectivity index (χ4n) is 5.12. The maximum Gasteiger partial charge on any atom is 0.231 e. The standard InChI is InChI=1S/C25H28N4O2/c30-23(10-5-6-19-16-27-22-9-2-1-8-21(19)22)29-15-12-25(18-29)11-14-28(24(25)31)17-20-7-3-4-13-26-20/h1-4,7-9,13,16,27H,5-6,10-12,14-15,17-18H2. The maximum absolute atomic E-state index is 13.2. The lowest BCUT2D eigenvalue weighted by molar-refractivity contribution is -0.137. The molecular weight excluding hydrogens is 388 g/mol. The minimum absolute atomic E-state index is 0.174. The van der Waals surface area contributed by atoms with Gasteiger partial charge in [0.1, 0.15) is 0 Å². The second-order valence-corrected chi connectivity index (χ2v) is 8.86. The minimum atomic E-state index is -0.388. The molecule has 31 heavy (non-hydrogen) atoms. The summed E-state index contributed by atoms with van der Waals surface area (Å²) in [5.41, 5.74) is 2.93. The second-order valence-electron chi connectivity index (χ2n) is 8.86. The molecule has 6 nitrogen and oxygen atoms in total. The summed E-state index contributed by atoms with van der Waals surface area (Å²) in [6.07, 6.45) is 7.65. The molecule has 1 N–H and O–H groups in total. The molecule has 2 aliphatic heterocycles. The molecular formula is C25H28N4O2. The number of aromatic nitrogens is 2. The van der Waals surface area contributed by atoms with Crippen molar-refractivity contribution >= 4 is 22.7 Å². The number of aryl methyl sites for hydroxylation is 1. The zero-order valence-corrected chi connectivity index (χ0v) is 17.7. The highest BCUT2D eigenvalue weighted by atomic mass is 16.2. The molecule has 2 fully saturated rings. The van der Waals surface area contributed by atoms with E-state index in [2.05, 4.69) is 22.1 Å². The number of carbonyl (C=O) groups excluding carboxylic acids is 2. The number of likely N-dealkylation sites (tertiary alicyclic amines) is 2. The summed E-state index contributed by atoms with van der Waals surface area (Å²) in [5.74, 6) is 0.361.